The van der Waals surface area contributed by atoms with Gasteiger partial charge in [0.15, 0.2) is 5.82 Å². The number of fused-ring (bicyclic) bond motifs is 1. The van der Waals surface area contributed by atoms with Crippen molar-refractivity contribution in [3.05, 3.63) is 36.2 Å². The molecule has 0 bridgehead atoms. The van der Waals surface area contributed by atoms with Gasteiger partial charge in [-0.2, -0.15) is 15.4 Å². The summed E-state index contributed by atoms with van der Waals surface area (Å²) in [6.07, 6.45) is -1.93. The summed E-state index contributed by atoms with van der Waals surface area (Å²) in [5.74, 6) is 1.12. The maximum absolute atomic E-state index is 14.0. The first-order chi connectivity index (χ1) is 18.0. The zero-order valence-electron chi connectivity index (χ0n) is 20.6. The minimum atomic E-state index is -2.78. The molecule has 11 nitrogen and oxygen atoms in total. The zero-order valence-corrected chi connectivity index (χ0v) is 20.6. The molecule has 1 aromatic carbocycles. The SMILES string of the molecule is CONCC(=O)N1CC[C@H](CNc2cc(-n3c(C(F)F)nc4ccccc43)nc(N3CCOCC3)n2)C1. The number of morpholine rings is 1. The Morgan fingerprint density at radius 2 is 2.00 bits per heavy atom. The number of imidazole rings is 1. The number of nitrogens with zero attached hydrogens (tertiary/aromatic N) is 6. The number of alkyl halides is 2. The monoisotopic (exact) mass is 516 g/mol. The van der Waals surface area contributed by atoms with Gasteiger partial charge in [0, 0.05) is 38.8 Å². The number of halogens is 2. The summed E-state index contributed by atoms with van der Waals surface area (Å²) < 4.78 is 34.9. The van der Waals surface area contributed by atoms with Crippen LogP contribution in [0.25, 0.3) is 16.9 Å². The number of para-hydroxylation sites is 2. The average molecular weight is 517 g/mol. The number of likely N-dealkylation sites (tertiary alicyclic amines) is 1. The molecule has 0 saturated carbocycles. The Labute approximate surface area is 212 Å². The molecule has 2 aromatic heterocycles. The van der Waals surface area contributed by atoms with Crippen LogP contribution in [0.2, 0.25) is 0 Å². The molecule has 198 valence electrons. The molecule has 0 aliphatic carbocycles. The molecule has 37 heavy (non-hydrogen) atoms. The van der Waals surface area contributed by atoms with Crippen molar-refractivity contribution >= 4 is 28.7 Å². The summed E-state index contributed by atoms with van der Waals surface area (Å²) in [4.78, 5) is 34.4. The topological polar surface area (TPSA) is 110 Å². The van der Waals surface area contributed by atoms with Crippen LogP contribution in [0.1, 0.15) is 18.7 Å². The van der Waals surface area contributed by atoms with Crippen molar-refractivity contribution in [1.29, 1.82) is 0 Å². The van der Waals surface area contributed by atoms with Crippen molar-refractivity contribution in [3.63, 3.8) is 0 Å². The van der Waals surface area contributed by atoms with Gasteiger partial charge < -0.3 is 24.7 Å². The summed E-state index contributed by atoms with van der Waals surface area (Å²) in [5, 5.41) is 3.36. The van der Waals surface area contributed by atoms with Crippen molar-refractivity contribution in [2.45, 2.75) is 12.8 Å². The number of hydrogen-bond donors (Lipinski definition) is 2. The van der Waals surface area contributed by atoms with Gasteiger partial charge in [0.25, 0.3) is 6.43 Å². The summed E-state index contributed by atoms with van der Waals surface area (Å²) >= 11 is 0. The third kappa shape index (κ3) is 5.63. The minimum absolute atomic E-state index is 0.0187. The van der Waals surface area contributed by atoms with E-state index in [1.165, 1.54) is 11.7 Å². The molecule has 2 aliphatic rings. The van der Waals surface area contributed by atoms with Crippen molar-refractivity contribution in [2.75, 3.05) is 69.8 Å². The highest BCUT2D eigenvalue weighted by molar-refractivity contribution is 5.79. The lowest BCUT2D eigenvalue weighted by Gasteiger charge is -2.27. The fourth-order valence-corrected chi connectivity index (χ4v) is 4.68. The van der Waals surface area contributed by atoms with E-state index >= 15 is 0 Å². The van der Waals surface area contributed by atoms with E-state index < -0.39 is 6.43 Å². The highest BCUT2D eigenvalue weighted by Crippen LogP contribution is 2.29. The van der Waals surface area contributed by atoms with Crippen molar-refractivity contribution in [2.24, 2.45) is 5.92 Å². The third-order valence-corrected chi connectivity index (χ3v) is 6.58. The molecule has 0 unspecified atom stereocenters. The van der Waals surface area contributed by atoms with E-state index in [2.05, 4.69) is 20.8 Å². The van der Waals surface area contributed by atoms with E-state index in [0.29, 0.717) is 74.6 Å². The molecule has 1 amide bonds. The number of hydroxylamine groups is 1. The molecule has 2 fully saturated rings. The molecule has 1 atom stereocenters. The normalized spacial score (nSPS) is 18.2. The lowest BCUT2D eigenvalue weighted by atomic mass is 10.1. The maximum Gasteiger partial charge on any atom is 0.296 e. The van der Waals surface area contributed by atoms with Gasteiger partial charge in [-0.25, -0.2) is 13.8 Å². The molecular weight excluding hydrogens is 486 g/mol. The first-order valence-electron chi connectivity index (χ1n) is 12.3. The number of carbonyl (C=O) groups is 1. The van der Waals surface area contributed by atoms with Crippen LogP contribution in [-0.2, 0) is 14.4 Å². The number of amides is 1. The van der Waals surface area contributed by atoms with Crippen LogP contribution in [-0.4, -0.2) is 89.9 Å². The lowest BCUT2D eigenvalue weighted by Crippen LogP contribution is -2.37. The molecule has 5 rings (SSSR count). The van der Waals surface area contributed by atoms with Gasteiger partial charge in [0.2, 0.25) is 11.9 Å². The summed E-state index contributed by atoms with van der Waals surface area (Å²) in [7, 11) is 1.47. The fourth-order valence-electron chi connectivity index (χ4n) is 4.68. The van der Waals surface area contributed by atoms with E-state index in [1.807, 2.05) is 4.90 Å². The van der Waals surface area contributed by atoms with E-state index in [1.54, 1.807) is 35.2 Å². The van der Waals surface area contributed by atoms with Crippen LogP contribution in [0.4, 0.5) is 20.5 Å². The molecule has 2 saturated heterocycles. The number of ether oxygens (including phenoxy) is 1. The van der Waals surface area contributed by atoms with Crippen LogP contribution in [0, 0.1) is 5.92 Å². The van der Waals surface area contributed by atoms with Crippen molar-refractivity contribution in [1.82, 2.24) is 29.9 Å². The minimum Gasteiger partial charge on any atom is -0.378 e. The number of hydrogen-bond acceptors (Lipinski definition) is 9. The van der Waals surface area contributed by atoms with Gasteiger partial charge in [0.1, 0.15) is 18.2 Å². The van der Waals surface area contributed by atoms with Crippen molar-refractivity contribution in [3.8, 4) is 5.82 Å². The molecule has 4 heterocycles. The average Bonchev–Trinajstić information content (AvgIpc) is 3.56. The Hall–Kier alpha value is -3.42. The molecule has 2 N–H and O–H groups in total. The summed E-state index contributed by atoms with van der Waals surface area (Å²) in [5.41, 5.74) is 3.60. The number of nitrogens with one attached hydrogen (secondary N) is 2. The zero-order chi connectivity index (χ0) is 25.8. The number of anilines is 2. The van der Waals surface area contributed by atoms with Gasteiger partial charge in [-0.1, -0.05) is 12.1 Å². The van der Waals surface area contributed by atoms with Crippen LogP contribution in [0.15, 0.2) is 30.3 Å². The second-order valence-electron chi connectivity index (χ2n) is 9.01. The quantitative estimate of drug-likeness (QED) is 0.413. The number of aromatic nitrogens is 4. The van der Waals surface area contributed by atoms with E-state index in [9.17, 15) is 13.6 Å². The van der Waals surface area contributed by atoms with E-state index in [0.717, 1.165) is 6.42 Å². The molecule has 0 radical (unpaired) electrons. The predicted molar refractivity (Wildman–Crippen MR) is 133 cm³/mol. The van der Waals surface area contributed by atoms with Crippen LogP contribution < -0.4 is 15.7 Å². The van der Waals surface area contributed by atoms with Crippen molar-refractivity contribution < 1.29 is 23.1 Å². The Balaban J connectivity index is 1.42. The molecular formula is C24H30F2N8O3. The van der Waals surface area contributed by atoms with E-state index in [-0.39, 0.29) is 24.2 Å². The van der Waals surface area contributed by atoms with Gasteiger partial charge >= 0.3 is 0 Å². The smallest absolute Gasteiger partial charge is 0.296 e. The molecule has 13 heteroatoms. The van der Waals surface area contributed by atoms with Crippen LogP contribution in [0.5, 0.6) is 0 Å². The summed E-state index contributed by atoms with van der Waals surface area (Å²) in [6, 6.07) is 8.68. The Kier molecular flexibility index (Phi) is 7.72. The largest absolute Gasteiger partial charge is 0.378 e. The summed E-state index contributed by atoms with van der Waals surface area (Å²) in [6.45, 7) is 4.27. The Morgan fingerprint density at radius 3 is 2.78 bits per heavy atom. The third-order valence-electron chi connectivity index (χ3n) is 6.58. The van der Waals surface area contributed by atoms with Gasteiger partial charge in [-0.05, 0) is 24.5 Å². The highest BCUT2D eigenvalue weighted by atomic mass is 19.3. The lowest BCUT2D eigenvalue weighted by molar-refractivity contribution is -0.131. The van der Waals surface area contributed by atoms with Crippen LogP contribution in [0.3, 0.4) is 0 Å². The van der Waals surface area contributed by atoms with Crippen LogP contribution >= 0.6 is 0 Å². The Morgan fingerprint density at radius 1 is 1.19 bits per heavy atom. The van der Waals surface area contributed by atoms with Gasteiger partial charge in [-0.15, -0.1) is 0 Å². The number of carbonyl (C=O) groups excluding carboxylic acids is 1. The first kappa shape index (κ1) is 25.2. The first-order valence-corrected chi connectivity index (χ1v) is 12.3. The number of benzene rings is 1. The van der Waals surface area contributed by atoms with Gasteiger partial charge in [-0.3, -0.25) is 9.36 Å². The predicted octanol–water partition coefficient (Wildman–Crippen LogP) is 2.00. The second-order valence-corrected chi connectivity index (χ2v) is 9.01. The molecule has 3 aromatic rings. The second kappa shape index (κ2) is 11.3. The molecule has 2 aliphatic heterocycles. The number of rotatable bonds is 9. The highest BCUT2D eigenvalue weighted by Gasteiger charge is 2.27. The maximum atomic E-state index is 14.0. The van der Waals surface area contributed by atoms with Gasteiger partial charge in [0.05, 0.1) is 31.4 Å². The Bertz CT molecular complexity index is 1230. The van der Waals surface area contributed by atoms with E-state index in [4.69, 9.17) is 14.6 Å². The fraction of sp³-hybridized carbons (Fsp3) is 0.500. The standard InChI is InChI=1S/C24H30F2N8O3/c1-36-28-14-21(35)33-7-6-16(15-33)13-27-19-12-20(31-24(30-19)32-8-10-37-11-9-32)34-18-5-3-2-4-17(18)29-23(34)22(25)26/h2-5,12,16,22,28H,6-11,13-15H2,1H3,(H,27,30,31)/t16-/m1/s1. The molecule has 0 spiro atoms.